The summed E-state index contributed by atoms with van der Waals surface area (Å²) in [4.78, 5) is 10.2. The van der Waals surface area contributed by atoms with Crippen molar-refractivity contribution in [3.63, 3.8) is 0 Å². The minimum Gasteiger partial charge on any atom is -0.245 e. The van der Waals surface area contributed by atoms with E-state index in [9.17, 15) is 0 Å². The lowest BCUT2D eigenvalue weighted by molar-refractivity contribution is 1.36. The fourth-order valence-electron chi connectivity index (χ4n) is 6.58. The van der Waals surface area contributed by atoms with Gasteiger partial charge in [0.05, 0.1) is 22.4 Å². The summed E-state index contributed by atoms with van der Waals surface area (Å²) in [6, 6.07) is 51.9. The molecule has 0 saturated heterocycles. The molecule has 0 amide bonds. The van der Waals surface area contributed by atoms with Crippen molar-refractivity contribution in [1.29, 1.82) is 0 Å². The molecule has 0 aliphatic heterocycles. The smallest absolute Gasteiger partial charge is 0.0972 e. The maximum absolute atomic E-state index is 5.15. The van der Waals surface area contributed by atoms with E-state index in [4.69, 9.17) is 9.97 Å². The van der Waals surface area contributed by atoms with Crippen molar-refractivity contribution in [2.24, 2.45) is 0 Å². The fourth-order valence-corrected chi connectivity index (χ4v) is 6.58. The van der Waals surface area contributed by atoms with E-state index in [0.717, 1.165) is 44.3 Å². The van der Waals surface area contributed by atoms with Gasteiger partial charge >= 0.3 is 0 Å². The highest BCUT2D eigenvalue weighted by Gasteiger charge is 2.22. The van der Waals surface area contributed by atoms with Crippen molar-refractivity contribution in [2.45, 2.75) is 0 Å². The quantitative estimate of drug-likeness (QED) is 0.212. The lowest BCUT2D eigenvalue weighted by Gasteiger charge is -2.11. The van der Waals surface area contributed by atoms with Gasteiger partial charge in [0.15, 0.2) is 0 Å². The molecule has 0 spiro atoms. The highest BCUT2D eigenvalue weighted by Crippen LogP contribution is 2.49. The second kappa shape index (κ2) is 8.95. The first-order valence-corrected chi connectivity index (χ1v) is 14.3. The Morgan fingerprint density at radius 3 is 1.48 bits per heavy atom. The molecule has 6 aromatic carbocycles. The number of rotatable bonds is 3. The van der Waals surface area contributed by atoms with Gasteiger partial charge in [0.25, 0.3) is 0 Å². The topological polar surface area (TPSA) is 25.8 Å². The lowest BCUT2D eigenvalue weighted by atomic mass is 9.93. The third-order valence-corrected chi connectivity index (χ3v) is 8.63. The Morgan fingerprint density at radius 1 is 0.310 bits per heavy atom. The number of nitrogens with zero attached hydrogens (tertiary/aromatic N) is 2. The summed E-state index contributed by atoms with van der Waals surface area (Å²) in [5.41, 5.74) is 13.7. The Hall–Kier alpha value is -5.60. The molecule has 0 N–H and O–H groups in total. The maximum atomic E-state index is 5.15. The van der Waals surface area contributed by atoms with Gasteiger partial charge in [-0.25, -0.2) is 9.97 Å². The molecule has 8 aromatic rings. The van der Waals surface area contributed by atoms with Crippen molar-refractivity contribution in [3.05, 3.63) is 146 Å². The molecule has 1 aliphatic carbocycles. The predicted molar refractivity (Wildman–Crippen MR) is 175 cm³/mol. The highest BCUT2D eigenvalue weighted by molar-refractivity contribution is 6.18. The van der Waals surface area contributed by atoms with Crippen molar-refractivity contribution >= 4 is 32.6 Å². The maximum Gasteiger partial charge on any atom is 0.0972 e. The van der Waals surface area contributed by atoms with Crippen LogP contribution in [-0.4, -0.2) is 9.97 Å². The molecule has 0 bridgehead atoms. The first-order valence-electron chi connectivity index (χ1n) is 14.3. The van der Waals surface area contributed by atoms with Crippen molar-refractivity contribution in [2.75, 3.05) is 0 Å². The molecular weight excluding hydrogens is 508 g/mol. The summed E-state index contributed by atoms with van der Waals surface area (Å²) in [6.07, 6.45) is 0. The standard InChI is InChI=1S/C40H24N2/c1-2-7-26(8-3-1)36-23-19-28-17-18-29-20-24-37(42-40(29)39(28)41-36)27-15-13-25(14-16-27)30-21-22-35-32-10-5-4-9-31(32)34-12-6-11-33(30)38(34)35/h1-24H. The lowest BCUT2D eigenvalue weighted by Crippen LogP contribution is -1.91. The molecule has 0 saturated carbocycles. The van der Waals surface area contributed by atoms with Gasteiger partial charge < -0.3 is 0 Å². The third kappa shape index (κ3) is 3.45. The van der Waals surface area contributed by atoms with Gasteiger partial charge in [0.2, 0.25) is 0 Å². The van der Waals surface area contributed by atoms with Crippen LogP contribution in [0.1, 0.15) is 0 Å². The number of hydrogen-bond acceptors (Lipinski definition) is 2. The largest absolute Gasteiger partial charge is 0.245 e. The SMILES string of the molecule is c1ccc(-c2ccc3ccc4ccc(-c5ccc(-c6ccc7c8c(cccc68)-c6ccccc6-7)cc5)nc4c3n2)cc1. The zero-order valence-corrected chi connectivity index (χ0v) is 22.8. The molecule has 1 aliphatic rings. The highest BCUT2D eigenvalue weighted by atomic mass is 14.8. The molecule has 9 rings (SSSR count). The molecule has 42 heavy (non-hydrogen) atoms. The Balaban J connectivity index is 1.13. The second-order valence-corrected chi connectivity index (χ2v) is 11.0. The number of hydrogen-bond donors (Lipinski definition) is 0. The molecule has 2 aromatic heterocycles. The van der Waals surface area contributed by atoms with E-state index < -0.39 is 0 Å². The first kappa shape index (κ1) is 23.1. The van der Waals surface area contributed by atoms with Crippen LogP contribution < -0.4 is 0 Å². The van der Waals surface area contributed by atoms with E-state index in [2.05, 4.69) is 127 Å². The van der Waals surface area contributed by atoms with Gasteiger partial charge in [-0.1, -0.05) is 133 Å². The van der Waals surface area contributed by atoms with Crippen LogP contribution >= 0.6 is 0 Å². The van der Waals surface area contributed by atoms with Crippen LogP contribution in [0, 0.1) is 0 Å². The molecule has 194 valence electrons. The number of benzene rings is 6. The molecule has 0 atom stereocenters. The Morgan fingerprint density at radius 2 is 0.810 bits per heavy atom. The van der Waals surface area contributed by atoms with Crippen LogP contribution in [0.4, 0.5) is 0 Å². The Kier molecular flexibility index (Phi) is 4.93. The summed E-state index contributed by atoms with van der Waals surface area (Å²) in [7, 11) is 0. The normalized spacial score (nSPS) is 11.8. The second-order valence-electron chi connectivity index (χ2n) is 11.0. The summed E-state index contributed by atoms with van der Waals surface area (Å²) in [6.45, 7) is 0. The number of aromatic nitrogens is 2. The van der Waals surface area contributed by atoms with Crippen LogP contribution in [0.3, 0.4) is 0 Å². The van der Waals surface area contributed by atoms with Gasteiger partial charge in [-0.05, 0) is 56.3 Å². The van der Waals surface area contributed by atoms with E-state index in [1.165, 1.54) is 44.2 Å². The molecular formula is C40H24N2. The molecule has 0 fully saturated rings. The third-order valence-electron chi connectivity index (χ3n) is 8.63. The fraction of sp³-hybridized carbons (Fsp3) is 0. The van der Waals surface area contributed by atoms with Gasteiger partial charge in [-0.15, -0.1) is 0 Å². The van der Waals surface area contributed by atoms with Crippen LogP contribution in [0.2, 0.25) is 0 Å². The van der Waals surface area contributed by atoms with E-state index in [1.54, 1.807) is 0 Å². The number of pyridine rings is 2. The zero-order valence-electron chi connectivity index (χ0n) is 22.8. The van der Waals surface area contributed by atoms with E-state index >= 15 is 0 Å². The molecule has 0 unspecified atom stereocenters. The number of fused-ring (bicyclic) bond motifs is 6. The van der Waals surface area contributed by atoms with Crippen molar-refractivity contribution < 1.29 is 0 Å². The van der Waals surface area contributed by atoms with Gasteiger partial charge in [0, 0.05) is 21.9 Å². The van der Waals surface area contributed by atoms with Crippen LogP contribution in [0.5, 0.6) is 0 Å². The summed E-state index contributed by atoms with van der Waals surface area (Å²) < 4.78 is 0. The minimum atomic E-state index is 0.930. The summed E-state index contributed by atoms with van der Waals surface area (Å²) in [5.74, 6) is 0. The van der Waals surface area contributed by atoms with E-state index in [1.807, 2.05) is 18.2 Å². The molecule has 2 heterocycles. The van der Waals surface area contributed by atoms with Gasteiger partial charge in [-0.2, -0.15) is 0 Å². The van der Waals surface area contributed by atoms with Crippen molar-refractivity contribution in [3.8, 4) is 55.9 Å². The zero-order chi connectivity index (χ0) is 27.6. The first-order chi connectivity index (χ1) is 20.8. The van der Waals surface area contributed by atoms with Crippen LogP contribution in [-0.2, 0) is 0 Å². The van der Waals surface area contributed by atoms with Gasteiger partial charge in [-0.3, -0.25) is 0 Å². The molecule has 2 heteroatoms. The van der Waals surface area contributed by atoms with E-state index in [0.29, 0.717) is 0 Å². The predicted octanol–water partition coefficient (Wildman–Crippen LogP) is 10.6. The van der Waals surface area contributed by atoms with E-state index in [-0.39, 0.29) is 0 Å². The molecule has 2 nitrogen and oxygen atoms in total. The summed E-state index contributed by atoms with van der Waals surface area (Å²) in [5, 5.41) is 4.83. The van der Waals surface area contributed by atoms with Crippen LogP contribution in [0.25, 0.3) is 88.5 Å². The monoisotopic (exact) mass is 532 g/mol. The average molecular weight is 533 g/mol. The molecule has 0 radical (unpaired) electrons. The Labute approximate surface area is 243 Å². The Bertz CT molecular complexity index is 2310. The van der Waals surface area contributed by atoms with Crippen LogP contribution in [0.15, 0.2) is 146 Å². The van der Waals surface area contributed by atoms with Crippen molar-refractivity contribution in [1.82, 2.24) is 9.97 Å². The average Bonchev–Trinajstić information content (AvgIpc) is 3.40. The van der Waals surface area contributed by atoms with Gasteiger partial charge in [0.1, 0.15) is 0 Å². The minimum absolute atomic E-state index is 0.930. The summed E-state index contributed by atoms with van der Waals surface area (Å²) >= 11 is 0.